The number of halogens is 1. The third-order valence-corrected chi connectivity index (χ3v) is 2.50. The average molecular weight is 228 g/mol. The van der Waals surface area contributed by atoms with Crippen LogP contribution in [-0.2, 0) is 0 Å². The molecule has 0 atom stereocenters. The monoisotopic (exact) mass is 228 g/mol. The predicted molar refractivity (Wildman–Crippen MR) is 68.0 cm³/mol. The second kappa shape index (κ2) is 4.78. The number of aliphatic imine (C=N–C) groups is 1. The van der Waals surface area contributed by atoms with Gasteiger partial charge in [-0.2, -0.15) is 0 Å². The number of hydrogen-bond acceptors (Lipinski definition) is 1. The Bertz CT molecular complexity index is 544. The van der Waals surface area contributed by atoms with Crippen molar-refractivity contribution in [3.05, 3.63) is 65.5 Å². The van der Waals surface area contributed by atoms with Crippen molar-refractivity contribution in [2.45, 2.75) is 6.92 Å². The lowest BCUT2D eigenvalue weighted by molar-refractivity contribution is 0.628. The van der Waals surface area contributed by atoms with Gasteiger partial charge in [0.05, 0.1) is 5.69 Å². The van der Waals surface area contributed by atoms with E-state index in [-0.39, 0.29) is 5.82 Å². The Kier molecular flexibility index (Phi) is 3.19. The van der Waals surface area contributed by atoms with Crippen LogP contribution in [0.15, 0.2) is 53.5 Å². The topological polar surface area (TPSA) is 38.4 Å². The molecule has 0 aromatic heterocycles. The molecule has 0 aliphatic carbocycles. The Balaban J connectivity index is 2.34. The van der Waals surface area contributed by atoms with Gasteiger partial charge >= 0.3 is 0 Å². The van der Waals surface area contributed by atoms with Crippen LogP contribution in [-0.4, -0.2) is 5.84 Å². The minimum Gasteiger partial charge on any atom is -0.383 e. The summed E-state index contributed by atoms with van der Waals surface area (Å²) in [6.07, 6.45) is 0. The van der Waals surface area contributed by atoms with Crippen LogP contribution >= 0.6 is 0 Å². The Morgan fingerprint density at radius 2 is 1.71 bits per heavy atom. The standard InChI is InChI=1S/C14H13FN2/c1-10-4-2-3-5-13(10)14(16)17-12-8-6-11(15)7-9-12/h2-9H,1H3,(H2,16,17). The highest BCUT2D eigenvalue weighted by atomic mass is 19.1. The fourth-order valence-corrected chi connectivity index (χ4v) is 1.58. The van der Waals surface area contributed by atoms with Crippen LogP contribution in [0.4, 0.5) is 10.1 Å². The zero-order chi connectivity index (χ0) is 12.3. The Labute approximate surface area is 99.6 Å². The molecule has 0 bridgehead atoms. The van der Waals surface area contributed by atoms with Crippen LogP contribution < -0.4 is 5.73 Å². The highest BCUT2D eigenvalue weighted by Crippen LogP contribution is 2.14. The molecule has 0 aliphatic rings. The lowest BCUT2D eigenvalue weighted by Gasteiger charge is -2.04. The molecule has 86 valence electrons. The predicted octanol–water partition coefficient (Wildman–Crippen LogP) is 3.17. The molecule has 0 saturated carbocycles. The number of hydrogen-bond donors (Lipinski definition) is 1. The fraction of sp³-hybridized carbons (Fsp3) is 0.0714. The van der Waals surface area contributed by atoms with Crippen molar-refractivity contribution >= 4 is 11.5 Å². The van der Waals surface area contributed by atoms with Gasteiger partial charge in [-0.15, -0.1) is 0 Å². The van der Waals surface area contributed by atoms with Crippen LogP contribution in [0.3, 0.4) is 0 Å². The van der Waals surface area contributed by atoms with Gasteiger partial charge in [0.2, 0.25) is 0 Å². The third kappa shape index (κ3) is 2.69. The number of nitrogens with zero attached hydrogens (tertiary/aromatic N) is 1. The zero-order valence-corrected chi connectivity index (χ0v) is 9.52. The van der Waals surface area contributed by atoms with Gasteiger partial charge < -0.3 is 5.73 Å². The molecular weight excluding hydrogens is 215 g/mol. The molecule has 2 N–H and O–H groups in total. The summed E-state index contributed by atoms with van der Waals surface area (Å²) >= 11 is 0. The Morgan fingerprint density at radius 3 is 2.35 bits per heavy atom. The highest BCUT2D eigenvalue weighted by Gasteiger charge is 2.01. The van der Waals surface area contributed by atoms with Crippen LogP contribution in [0.1, 0.15) is 11.1 Å². The lowest BCUT2D eigenvalue weighted by Crippen LogP contribution is -2.14. The Hall–Kier alpha value is -2.16. The number of aryl methyl sites for hydroxylation is 1. The average Bonchev–Trinajstić information content (AvgIpc) is 2.32. The van der Waals surface area contributed by atoms with Crippen molar-refractivity contribution in [2.24, 2.45) is 10.7 Å². The van der Waals surface area contributed by atoms with E-state index in [1.54, 1.807) is 12.1 Å². The molecule has 2 aromatic rings. The molecule has 2 aromatic carbocycles. The van der Waals surface area contributed by atoms with Crippen LogP contribution in [0.5, 0.6) is 0 Å². The summed E-state index contributed by atoms with van der Waals surface area (Å²) in [6.45, 7) is 1.97. The van der Waals surface area contributed by atoms with E-state index in [9.17, 15) is 4.39 Å². The molecule has 0 saturated heterocycles. The molecule has 0 heterocycles. The van der Waals surface area contributed by atoms with Gasteiger partial charge in [0.15, 0.2) is 0 Å². The van der Waals surface area contributed by atoms with E-state index in [1.165, 1.54) is 12.1 Å². The summed E-state index contributed by atoms with van der Waals surface area (Å²) < 4.78 is 12.7. The first-order chi connectivity index (χ1) is 8.16. The van der Waals surface area contributed by atoms with Gasteiger partial charge in [-0.05, 0) is 36.8 Å². The molecule has 17 heavy (non-hydrogen) atoms. The molecule has 0 spiro atoms. The zero-order valence-electron chi connectivity index (χ0n) is 9.52. The van der Waals surface area contributed by atoms with E-state index in [4.69, 9.17) is 5.73 Å². The van der Waals surface area contributed by atoms with Crippen molar-refractivity contribution in [3.63, 3.8) is 0 Å². The summed E-state index contributed by atoms with van der Waals surface area (Å²) in [4.78, 5) is 4.26. The molecule has 3 heteroatoms. The number of nitrogens with two attached hydrogens (primary N) is 1. The van der Waals surface area contributed by atoms with E-state index < -0.39 is 0 Å². The number of benzene rings is 2. The quantitative estimate of drug-likeness (QED) is 0.622. The first kappa shape index (κ1) is 11.3. The molecule has 2 nitrogen and oxygen atoms in total. The maximum atomic E-state index is 12.7. The maximum Gasteiger partial charge on any atom is 0.131 e. The molecule has 0 fully saturated rings. The molecule has 0 radical (unpaired) electrons. The number of amidine groups is 1. The van der Waals surface area contributed by atoms with E-state index in [0.717, 1.165) is 11.1 Å². The summed E-state index contributed by atoms with van der Waals surface area (Å²) in [6, 6.07) is 13.7. The lowest BCUT2D eigenvalue weighted by atomic mass is 10.1. The smallest absolute Gasteiger partial charge is 0.131 e. The van der Waals surface area contributed by atoms with Crippen molar-refractivity contribution < 1.29 is 4.39 Å². The van der Waals surface area contributed by atoms with Gasteiger partial charge in [0.25, 0.3) is 0 Å². The first-order valence-corrected chi connectivity index (χ1v) is 5.32. The van der Waals surface area contributed by atoms with E-state index in [2.05, 4.69) is 4.99 Å². The second-order valence-electron chi connectivity index (χ2n) is 3.79. The van der Waals surface area contributed by atoms with E-state index in [1.807, 2.05) is 31.2 Å². The van der Waals surface area contributed by atoms with Gasteiger partial charge in [0, 0.05) is 5.56 Å². The van der Waals surface area contributed by atoms with E-state index in [0.29, 0.717) is 11.5 Å². The third-order valence-electron chi connectivity index (χ3n) is 2.50. The van der Waals surface area contributed by atoms with Crippen molar-refractivity contribution in [1.82, 2.24) is 0 Å². The summed E-state index contributed by atoms with van der Waals surface area (Å²) in [5.41, 5.74) is 8.53. The minimum atomic E-state index is -0.279. The van der Waals surface area contributed by atoms with Gasteiger partial charge in [-0.25, -0.2) is 9.38 Å². The summed E-state index contributed by atoms with van der Waals surface area (Å²) in [7, 11) is 0. The largest absolute Gasteiger partial charge is 0.383 e. The summed E-state index contributed by atoms with van der Waals surface area (Å²) in [5.74, 6) is 0.160. The SMILES string of the molecule is Cc1ccccc1C(N)=Nc1ccc(F)cc1. The molecule has 0 aliphatic heterocycles. The van der Waals surface area contributed by atoms with E-state index >= 15 is 0 Å². The first-order valence-electron chi connectivity index (χ1n) is 5.32. The van der Waals surface area contributed by atoms with Crippen molar-refractivity contribution in [2.75, 3.05) is 0 Å². The van der Waals surface area contributed by atoms with Gasteiger partial charge in [0.1, 0.15) is 11.7 Å². The van der Waals surface area contributed by atoms with Crippen LogP contribution in [0, 0.1) is 12.7 Å². The summed E-state index contributed by atoms with van der Waals surface area (Å²) in [5, 5.41) is 0. The fourth-order valence-electron chi connectivity index (χ4n) is 1.58. The minimum absolute atomic E-state index is 0.279. The molecule has 0 amide bonds. The highest BCUT2D eigenvalue weighted by molar-refractivity contribution is 6.00. The van der Waals surface area contributed by atoms with Gasteiger partial charge in [-0.3, -0.25) is 0 Å². The number of rotatable bonds is 2. The Morgan fingerprint density at radius 1 is 1.06 bits per heavy atom. The van der Waals surface area contributed by atoms with Crippen molar-refractivity contribution in [3.8, 4) is 0 Å². The molecule has 0 unspecified atom stereocenters. The maximum absolute atomic E-state index is 12.7. The normalized spacial score (nSPS) is 11.5. The van der Waals surface area contributed by atoms with Crippen LogP contribution in [0.2, 0.25) is 0 Å². The van der Waals surface area contributed by atoms with Crippen molar-refractivity contribution in [1.29, 1.82) is 0 Å². The van der Waals surface area contributed by atoms with Crippen LogP contribution in [0.25, 0.3) is 0 Å². The second-order valence-corrected chi connectivity index (χ2v) is 3.79. The van der Waals surface area contributed by atoms with Gasteiger partial charge in [-0.1, -0.05) is 24.3 Å². The molecular formula is C14H13FN2. The molecule has 2 rings (SSSR count).